The summed E-state index contributed by atoms with van der Waals surface area (Å²) < 4.78 is 0. The largest absolute Gasteiger partial charge is 0.355 e. The maximum atomic E-state index is 12.4. The molecule has 0 spiro atoms. The molecular formula is C16H22N2O. The summed E-state index contributed by atoms with van der Waals surface area (Å²) in [6.45, 7) is 2.05. The average Bonchev–Trinajstić information content (AvgIpc) is 2.46. The zero-order chi connectivity index (χ0) is 13.4. The van der Waals surface area contributed by atoms with E-state index in [4.69, 9.17) is 0 Å². The van der Waals surface area contributed by atoms with Gasteiger partial charge in [-0.2, -0.15) is 0 Å². The third-order valence-corrected chi connectivity index (χ3v) is 4.59. The van der Waals surface area contributed by atoms with Crippen LogP contribution < -0.4 is 9.80 Å². The van der Waals surface area contributed by atoms with Crippen LogP contribution in [0.4, 0.5) is 11.4 Å². The molecule has 3 rings (SSSR count). The maximum Gasteiger partial charge on any atom is 0.249 e. The molecule has 1 aliphatic heterocycles. The lowest BCUT2D eigenvalue weighted by Crippen LogP contribution is -2.54. The molecule has 1 atom stereocenters. The Labute approximate surface area is 115 Å². The van der Waals surface area contributed by atoms with Crippen molar-refractivity contribution in [1.82, 2.24) is 0 Å². The number of hydrogen-bond donors (Lipinski definition) is 0. The molecule has 1 amide bonds. The van der Waals surface area contributed by atoms with Gasteiger partial charge in [-0.15, -0.1) is 0 Å². The molecule has 1 aromatic carbocycles. The van der Waals surface area contributed by atoms with Crippen molar-refractivity contribution in [3.63, 3.8) is 0 Å². The molecule has 102 valence electrons. The highest BCUT2D eigenvalue weighted by Gasteiger charge is 2.37. The highest BCUT2D eigenvalue weighted by molar-refractivity contribution is 6.05. The first-order valence-electron chi connectivity index (χ1n) is 7.35. The highest BCUT2D eigenvalue weighted by Crippen LogP contribution is 2.39. The Hall–Kier alpha value is -1.51. The monoisotopic (exact) mass is 258 g/mol. The molecule has 3 nitrogen and oxygen atoms in total. The number of hydrogen-bond acceptors (Lipinski definition) is 2. The van der Waals surface area contributed by atoms with Crippen LogP contribution in [0.2, 0.25) is 0 Å². The number of para-hydroxylation sites is 2. The number of anilines is 2. The summed E-state index contributed by atoms with van der Waals surface area (Å²) in [4.78, 5) is 16.6. The Balaban J connectivity index is 2.02. The summed E-state index contributed by atoms with van der Waals surface area (Å²) >= 11 is 0. The fraction of sp³-hybridized carbons (Fsp3) is 0.562. The van der Waals surface area contributed by atoms with Crippen molar-refractivity contribution in [3.8, 4) is 0 Å². The van der Waals surface area contributed by atoms with Crippen molar-refractivity contribution >= 4 is 17.3 Å². The van der Waals surface area contributed by atoms with E-state index in [1.807, 2.05) is 20.0 Å². The lowest BCUT2D eigenvalue weighted by Gasteiger charge is -2.45. The third kappa shape index (κ3) is 2.01. The van der Waals surface area contributed by atoms with E-state index in [-0.39, 0.29) is 11.9 Å². The van der Waals surface area contributed by atoms with Gasteiger partial charge in [0.1, 0.15) is 6.04 Å². The predicted molar refractivity (Wildman–Crippen MR) is 78.7 cm³/mol. The van der Waals surface area contributed by atoms with Gasteiger partial charge in [-0.1, -0.05) is 31.4 Å². The van der Waals surface area contributed by atoms with Gasteiger partial charge in [0.15, 0.2) is 0 Å². The smallest absolute Gasteiger partial charge is 0.249 e. The van der Waals surface area contributed by atoms with Crippen LogP contribution in [0.25, 0.3) is 0 Å². The van der Waals surface area contributed by atoms with Crippen LogP contribution in [0.3, 0.4) is 0 Å². The molecule has 1 unspecified atom stereocenters. The van der Waals surface area contributed by atoms with Crippen LogP contribution >= 0.6 is 0 Å². The molecule has 0 bridgehead atoms. The van der Waals surface area contributed by atoms with Crippen molar-refractivity contribution in [1.29, 1.82) is 0 Å². The second-order valence-electron chi connectivity index (χ2n) is 5.76. The van der Waals surface area contributed by atoms with Crippen molar-refractivity contribution in [2.75, 3.05) is 16.8 Å². The van der Waals surface area contributed by atoms with Crippen LogP contribution in [0.5, 0.6) is 0 Å². The standard InChI is InChI=1S/C16H22N2O/c1-12-16(19)17(2)14-10-6-7-11-15(14)18(12)13-8-4-3-5-9-13/h6-7,10-13H,3-5,8-9H2,1-2H3. The second-order valence-corrected chi connectivity index (χ2v) is 5.76. The zero-order valence-electron chi connectivity index (χ0n) is 11.8. The van der Waals surface area contributed by atoms with Crippen molar-refractivity contribution < 1.29 is 4.79 Å². The molecule has 0 saturated heterocycles. The molecule has 0 N–H and O–H groups in total. The first kappa shape index (κ1) is 12.5. The van der Waals surface area contributed by atoms with Crippen LogP contribution in [0, 0.1) is 0 Å². The molecule has 1 aromatic rings. The molecule has 0 radical (unpaired) electrons. The van der Waals surface area contributed by atoms with Gasteiger partial charge in [0.05, 0.1) is 11.4 Å². The third-order valence-electron chi connectivity index (χ3n) is 4.59. The topological polar surface area (TPSA) is 23.6 Å². The Morgan fingerprint density at radius 1 is 1.05 bits per heavy atom. The van der Waals surface area contributed by atoms with Crippen molar-refractivity contribution in [3.05, 3.63) is 24.3 Å². The molecule has 1 fully saturated rings. The second kappa shape index (κ2) is 4.87. The lowest BCUT2D eigenvalue weighted by molar-refractivity contribution is -0.119. The fourth-order valence-corrected chi connectivity index (χ4v) is 3.56. The normalized spacial score (nSPS) is 24.5. The fourth-order valence-electron chi connectivity index (χ4n) is 3.56. The molecule has 3 heteroatoms. The van der Waals surface area contributed by atoms with E-state index in [1.54, 1.807) is 4.90 Å². The predicted octanol–water partition coefficient (Wildman–Crippen LogP) is 3.19. The van der Waals surface area contributed by atoms with Gasteiger partial charge in [0.2, 0.25) is 5.91 Å². The van der Waals surface area contributed by atoms with E-state index in [9.17, 15) is 4.79 Å². The number of carbonyl (C=O) groups is 1. The van der Waals surface area contributed by atoms with E-state index >= 15 is 0 Å². The summed E-state index contributed by atoms with van der Waals surface area (Å²) in [5.41, 5.74) is 2.28. The quantitative estimate of drug-likeness (QED) is 0.772. The number of amides is 1. The molecule has 1 saturated carbocycles. The minimum absolute atomic E-state index is 0.0389. The minimum atomic E-state index is -0.0389. The summed E-state index contributed by atoms with van der Waals surface area (Å²) in [6.07, 6.45) is 6.36. The van der Waals surface area contributed by atoms with Gasteiger partial charge in [-0.3, -0.25) is 4.79 Å². The maximum absolute atomic E-state index is 12.4. The number of carbonyl (C=O) groups excluding carboxylic acids is 1. The van der Waals surface area contributed by atoms with Gasteiger partial charge in [0, 0.05) is 13.1 Å². The van der Waals surface area contributed by atoms with Crippen LogP contribution in [-0.2, 0) is 4.79 Å². The Morgan fingerprint density at radius 3 is 2.37 bits per heavy atom. The number of benzene rings is 1. The van der Waals surface area contributed by atoms with Crippen LogP contribution in [0.15, 0.2) is 24.3 Å². The molecular weight excluding hydrogens is 236 g/mol. The summed E-state index contributed by atoms with van der Waals surface area (Å²) in [5.74, 6) is 0.212. The Kier molecular flexibility index (Phi) is 3.21. The van der Waals surface area contributed by atoms with E-state index < -0.39 is 0 Å². The van der Waals surface area contributed by atoms with E-state index in [2.05, 4.69) is 23.1 Å². The van der Waals surface area contributed by atoms with Gasteiger partial charge >= 0.3 is 0 Å². The number of rotatable bonds is 1. The Bertz CT molecular complexity index is 479. The molecule has 2 aliphatic rings. The van der Waals surface area contributed by atoms with Crippen LogP contribution in [0.1, 0.15) is 39.0 Å². The van der Waals surface area contributed by atoms with Crippen LogP contribution in [-0.4, -0.2) is 25.0 Å². The summed E-state index contributed by atoms with van der Waals surface area (Å²) in [5, 5.41) is 0. The van der Waals surface area contributed by atoms with Crippen molar-refractivity contribution in [2.24, 2.45) is 0 Å². The van der Waals surface area contributed by atoms with E-state index in [0.717, 1.165) is 5.69 Å². The lowest BCUT2D eigenvalue weighted by atomic mass is 9.91. The van der Waals surface area contributed by atoms with Gasteiger partial charge in [-0.25, -0.2) is 0 Å². The van der Waals surface area contributed by atoms with Crippen molar-refractivity contribution in [2.45, 2.75) is 51.1 Å². The molecule has 19 heavy (non-hydrogen) atoms. The minimum Gasteiger partial charge on any atom is -0.355 e. The van der Waals surface area contributed by atoms with Gasteiger partial charge in [0.25, 0.3) is 0 Å². The first-order valence-corrected chi connectivity index (χ1v) is 7.35. The Morgan fingerprint density at radius 2 is 1.68 bits per heavy atom. The molecule has 0 aromatic heterocycles. The molecule has 1 aliphatic carbocycles. The zero-order valence-corrected chi connectivity index (χ0v) is 11.8. The van der Waals surface area contributed by atoms with Gasteiger partial charge in [-0.05, 0) is 31.9 Å². The summed E-state index contributed by atoms with van der Waals surface area (Å²) in [7, 11) is 1.88. The SMILES string of the molecule is CC1C(=O)N(C)c2ccccc2N1C1CCCCC1. The summed E-state index contributed by atoms with van der Waals surface area (Å²) in [6, 6.07) is 8.78. The first-order chi connectivity index (χ1) is 9.20. The number of nitrogens with zero attached hydrogens (tertiary/aromatic N) is 2. The van der Waals surface area contributed by atoms with Gasteiger partial charge < -0.3 is 9.80 Å². The average molecular weight is 258 g/mol. The molecule has 1 heterocycles. The number of likely N-dealkylation sites (N-methyl/N-ethyl adjacent to an activating group) is 1. The van der Waals surface area contributed by atoms with E-state index in [1.165, 1.54) is 37.8 Å². The number of fused-ring (bicyclic) bond motifs is 1. The van der Waals surface area contributed by atoms with E-state index in [0.29, 0.717) is 6.04 Å². The highest BCUT2D eigenvalue weighted by atomic mass is 16.2.